The van der Waals surface area contributed by atoms with Gasteiger partial charge >= 0.3 is 0 Å². The summed E-state index contributed by atoms with van der Waals surface area (Å²) >= 11 is 0. The largest absolute Gasteiger partial charge is 0.343 e. The van der Waals surface area contributed by atoms with Crippen LogP contribution < -0.4 is 0 Å². The van der Waals surface area contributed by atoms with Crippen molar-refractivity contribution in [2.24, 2.45) is 0 Å². The molecule has 1 aliphatic heterocycles. The lowest BCUT2D eigenvalue weighted by Crippen LogP contribution is -2.54. The molecule has 1 saturated heterocycles. The molecule has 0 aromatic heterocycles. The fraction of sp³-hybridized carbons (Fsp3) is 0.467. The van der Waals surface area contributed by atoms with Gasteiger partial charge in [0.25, 0.3) is 0 Å². The molecular formula is C15H20N2O2. The van der Waals surface area contributed by atoms with Crippen molar-refractivity contribution in [2.75, 3.05) is 26.7 Å². The standard InChI is InChI=1S/C15H20N2O2/c1-3-13(15(19)12-7-5-4-6-8-12)17-10-9-16(2)14(18)11-17/h4-8,13H,3,9-11H2,1-2H3. The maximum absolute atomic E-state index is 12.5. The topological polar surface area (TPSA) is 40.6 Å². The number of amides is 1. The van der Waals surface area contributed by atoms with Crippen molar-refractivity contribution in [3.05, 3.63) is 35.9 Å². The maximum atomic E-state index is 12.5. The lowest BCUT2D eigenvalue weighted by molar-refractivity contribution is -0.135. The van der Waals surface area contributed by atoms with Gasteiger partial charge in [-0.15, -0.1) is 0 Å². The minimum atomic E-state index is -0.194. The molecule has 1 aromatic rings. The monoisotopic (exact) mass is 260 g/mol. The van der Waals surface area contributed by atoms with Crippen LogP contribution in [0.1, 0.15) is 23.7 Å². The van der Waals surface area contributed by atoms with Crippen LogP contribution in [0.5, 0.6) is 0 Å². The molecule has 2 rings (SSSR count). The summed E-state index contributed by atoms with van der Waals surface area (Å²) < 4.78 is 0. The van der Waals surface area contributed by atoms with Crippen molar-refractivity contribution in [3.8, 4) is 0 Å². The second-order valence-corrected chi connectivity index (χ2v) is 4.94. The Morgan fingerprint density at radius 1 is 1.26 bits per heavy atom. The van der Waals surface area contributed by atoms with E-state index in [0.29, 0.717) is 13.1 Å². The molecule has 0 N–H and O–H groups in total. The van der Waals surface area contributed by atoms with E-state index in [0.717, 1.165) is 18.5 Å². The molecule has 4 nitrogen and oxygen atoms in total. The number of hydrogen-bond acceptors (Lipinski definition) is 3. The molecule has 0 radical (unpaired) electrons. The first-order chi connectivity index (χ1) is 9.13. The molecular weight excluding hydrogens is 240 g/mol. The molecule has 1 fully saturated rings. The summed E-state index contributed by atoms with van der Waals surface area (Å²) in [5.74, 6) is 0.200. The summed E-state index contributed by atoms with van der Waals surface area (Å²) in [6.45, 7) is 3.79. The number of carbonyl (C=O) groups excluding carboxylic acids is 2. The van der Waals surface area contributed by atoms with Crippen molar-refractivity contribution in [1.82, 2.24) is 9.80 Å². The van der Waals surface area contributed by atoms with Crippen molar-refractivity contribution in [2.45, 2.75) is 19.4 Å². The average Bonchev–Trinajstić information content (AvgIpc) is 2.44. The fourth-order valence-corrected chi connectivity index (χ4v) is 2.45. The minimum absolute atomic E-state index is 0.0885. The number of nitrogens with zero attached hydrogens (tertiary/aromatic N) is 2. The van der Waals surface area contributed by atoms with Gasteiger partial charge in [0.15, 0.2) is 5.78 Å². The highest BCUT2D eigenvalue weighted by Crippen LogP contribution is 2.14. The Morgan fingerprint density at radius 2 is 1.95 bits per heavy atom. The van der Waals surface area contributed by atoms with Gasteiger partial charge in [0.2, 0.25) is 5.91 Å². The summed E-state index contributed by atoms with van der Waals surface area (Å²) in [7, 11) is 1.81. The van der Waals surface area contributed by atoms with Crippen LogP contribution in [0.25, 0.3) is 0 Å². The van der Waals surface area contributed by atoms with Crippen LogP contribution in [-0.2, 0) is 4.79 Å². The average molecular weight is 260 g/mol. The molecule has 1 aliphatic rings. The number of hydrogen-bond donors (Lipinski definition) is 0. The minimum Gasteiger partial charge on any atom is -0.343 e. The summed E-state index contributed by atoms with van der Waals surface area (Å²) in [6, 6.07) is 9.12. The van der Waals surface area contributed by atoms with Crippen LogP contribution in [-0.4, -0.2) is 54.2 Å². The molecule has 4 heteroatoms. The molecule has 0 saturated carbocycles. The zero-order chi connectivity index (χ0) is 13.8. The highest BCUT2D eigenvalue weighted by molar-refractivity contribution is 6.00. The Morgan fingerprint density at radius 3 is 2.53 bits per heavy atom. The first kappa shape index (κ1) is 13.7. The Kier molecular flexibility index (Phi) is 4.32. The maximum Gasteiger partial charge on any atom is 0.236 e. The SMILES string of the molecule is CCC(C(=O)c1ccccc1)N1CCN(C)C(=O)C1. The molecule has 0 bridgehead atoms. The van der Waals surface area contributed by atoms with Crippen LogP contribution in [0.3, 0.4) is 0 Å². The van der Waals surface area contributed by atoms with Gasteiger partial charge in [-0.05, 0) is 6.42 Å². The van der Waals surface area contributed by atoms with Gasteiger partial charge in [-0.1, -0.05) is 37.3 Å². The van der Waals surface area contributed by atoms with Gasteiger partial charge in [-0.2, -0.15) is 0 Å². The third-order valence-corrected chi connectivity index (χ3v) is 3.68. The first-order valence-corrected chi connectivity index (χ1v) is 6.70. The van der Waals surface area contributed by atoms with Crippen molar-refractivity contribution < 1.29 is 9.59 Å². The van der Waals surface area contributed by atoms with Crippen LogP contribution in [0.15, 0.2) is 30.3 Å². The molecule has 1 amide bonds. The zero-order valence-corrected chi connectivity index (χ0v) is 11.5. The van der Waals surface area contributed by atoms with Crippen molar-refractivity contribution >= 4 is 11.7 Å². The van der Waals surface area contributed by atoms with Gasteiger partial charge in [0.1, 0.15) is 0 Å². The van der Waals surface area contributed by atoms with Gasteiger partial charge in [-0.3, -0.25) is 14.5 Å². The molecule has 1 aromatic carbocycles. The van der Waals surface area contributed by atoms with Crippen molar-refractivity contribution in [3.63, 3.8) is 0 Å². The molecule has 102 valence electrons. The number of rotatable bonds is 4. The number of piperazine rings is 1. The van der Waals surface area contributed by atoms with Crippen LogP contribution in [0.2, 0.25) is 0 Å². The van der Waals surface area contributed by atoms with E-state index < -0.39 is 0 Å². The number of Topliss-reactive ketones (excluding diaryl/α,β-unsaturated/α-hetero) is 1. The van der Waals surface area contributed by atoms with Gasteiger partial charge in [0.05, 0.1) is 12.6 Å². The smallest absolute Gasteiger partial charge is 0.236 e. The highest BCUT2D eigenvalue weighted by atomic mass is 16.2. The summed E-state index contributed by atoms with van der Waals surface area (Å²) in [5.41, 5.74) is 0.723. The number of benzene rings is 1. The summed E-state index contributed by atoms with van der Waals surface area (Å²) in [4.78, 5) is 28.0. The molecule has 0 spiro atoms. The van der Waals surface area contributed by atoms with E-state index in [9.17, 15) is 9.59 Å². The lowest BCUT2D eigenvalue weighted by Gasteiger charge is -2.36. The predicted octanol–water partition coefficient (Wildman–Crippen LogP) is 1.42. The molecule has 1 atom stereocenters. The third kappa shape index (κ3) is 3.01. The molecule has 1 unspecified atom stereocenters. The van der Waals surface area contributed by atoms with E-state index in [4.69, 9.17) is 0 Å². The van der Waals surface area contributed by atoms with Crippen molar-refractivity contribution in [1.29, 1.82) is 0 Å². The number of ketones is 1. The molecule has 1 heterocycles. The second kappa shape index (κ2) is 5.97. The second-order valence-electron chi connectivity index (χ2n) is 4.94. The van der Waals surface area contributed by atoms with E-state index in [2.05, 4.69) is 0 Å². The quantitative estimate of drug-likeness (QED) is 0.769. The first-order valence-electron chi connectivity index (χ1n) is 6.70. The van der Waals surface area contributed by atoms with Gasteiger partial charge < -0.3 is 4.90 Å². The number of carbonyl (C=O) groups is 2. The van der Waals surface area contributed by atoms with Crippen LogP contribution in [0.4, 0.5) is 0 Å². The fourth-order valence-electron chi connectivity index (χ4n) is 2.45. The summed E-state index contributed by atoms with van der Waals surface area (Å²) in [6.07, 6.45) is 0.727. The van der Waals surface area contributed by atoms with E-state index in [1.165, 1.54) is 0 Å². The Balaban J connectivity index is 2.12. The van der Waals surface area contributed by atoms with E-state index in [1.807, 2.05) is 42.2 Å². The van der Waals surface area contributed by atoms with Gasteiger partial charge in [0, 0.05) is 25.7 Å². The van der Waals surface area contributed by atoms with E-state index in [-0.39, 0.29) is 17.7 Å². The normalized spacial score (nSPS) is 18.4. The molecule has 0 aliphatic carbocycles. The zero-order valence-electron chi connectivity index (χ0n) is 11.5. The van der Waals surface area contributed by atoms with E-state index >= 15 is 0 Å². The van der Waals surface area contributed by atoms with Gasteiger partial charge in [-0.25, -0.2) is 0 Å². The van der Waals surface area contributed by atoms with Crippen LogP contribution in [0, 0.1) is 0 Å². The number of likely N-dealkylation sites (N-methyl/N-ethyl adjacent to an activating group) is 1. The molecule has 19 heavy (non-hydrogen) atoms. The third-order valence-electron chi connectivity index (χ3n) is 3.68. The lowest BCUT2D eigenvalue weighted by atomic mass is 10.00. The van der Waals surface area contributed by atoms with Crippen LogP contribution >= 0.6 is 0 Å². The Hall–Kier alpha value is -1.68. The van der Waals surface area contributed by atoms with E-state index in [1.54, 1.807) is 11.9 Å². The summed E-state index contributed by atoms with van der Waals surface area (Å²) in [5, 5.41) is 0. The highest BCUT2D eigenvalue weighted by Gasteiger charge is 2.30. The predicted molar refractivity (Wildman–Crippen MR) is 74.1 cm³/mol. The Labute approximate surface area is 114 Å². The Bertz CT molecular complexity index is 458.